The zero-order valence-corrected chi connectivity index (χ0v) is 11.8. The number of rotatable bonds is 3. The van der Waals surface area contributed by atoms with E-state index in [0.717, 1.165) is 24.5 Å². The molecule has 0 spiro atoms. The van der Waals surface area contributed by atoms with Gasteiger partial charge in [-0.3, -0.25) is 4.79 Å². The Kier molecular flexibility index (Phi) is 3.26. The van der Waals surface area contributed by atoms with Crippen LogP contribution in [0.1, 0.15) is 35.9 Å². The molecule has 0 amide bonds. The maximum absolute atomic E-state index is 11.4. The van der Waals surface area contributed by atoms with Crippen LogP contribution in [0.15, 0.2) is 24.3 Å². The Morgan fingerprint density at radius 1 is 1.10 bits per heavy atom. The summed E-state index contributed by atoms with van der Waals surface area (Å²) in [5, 5.41) is 8.01. The maximum atomic E-state index is 11.4. The molecule has 1 aliphatic rings. The number of nitrogens with zero attached hydrogens (tertiary/aromatic N) is 4. The molecule has 2 aromatic rings. The van der Waals surface area contributed by atoms with Crippen molar-refractivity contribution in [3.63, 3.8) is 0 Å². The molecule has 1 aromatic heterocycles. The molecule has 1 saturated heterocycles. The van der Waals surface area contributed by atoms with Gasteiger partial charge in [-0.1, -0.05) is 5.21 Å². The van der Waals surface area contributed by atoms with E-state index in [1.54, 1.807) is 4.68 Å². The standard InChI is InChI=1S/C15H18N4O/c1-11-15(12(2)20)16-17-19(11)14-7-5-13(6-8-14)18-9-3-4-10-18/h5-8H,3-4,9-10H2,1-2H3. The fraction of sp³-hybridized carbons (Fsp3) is 0.400. The van der Waals surface area contributed by atoms with Crippen LogP contribution in [0.2, 0.25) is 0 Å². The smallest absolute Gasteiger partial charge is 0.181 e. The van der Waals surface area contributed by atoms with Gasteiger partial charge in [0.1, 0.15) is 0 Å². The normalized spacial score (nSPS) is 14.8. The highest BCUT2D eigenvalue weighted by molar-refractivity contribution is 5.93. The topological polar surface area (TPSA) is 51.0 Å². The first-order valence-electron chi connectivity index (χ1n) is 6.95. The lowest BCUT2D eigenvalue weighted by Gasteiger charge is -2.17. The molecule has 0 atom stereocenters. The number of benzene rings is 1. The molecule has 0 N–H and O–H groups in total. The van der Waals surface area contributed by atoms with Crippen molar-refractivity contribution in [3.8, 4) is 5.69 Å². The third-order valence-corrected chi connectivity index (χ3v) is 3.79. The molecular formula is C15H18N4O. The molecular weight excluding hydrogens is 252 g/mol. The van der Waals surface area contributed by atoms with Crippen molar-refractivity contribution in [3.05, 3.63) is 35.7 Å². The van der Waals surface area contributed by atoms with Crippen molar-refractivity contribution in [1.82, 2.24) is 15.0 Å². The number of hydrogen-bond donors (Lipinski definition) is 0. The first kappa shape index (κ1) is 12.8. The van der Waals surface area contributed by atoms with E-state index in [0.29, 0.717) is 5.69 Å². The monoisotopic (exact) mass is 270 g/mol. The van der Waals surface area contributed by atoms with Gasteiger partial charge in [-0.2, -0.15) is 0 Å². The number of aromatic nitrogens is 3. The van der Waals surface area contributed by atoms with Crippen LogP contribution in [0.3, 0.4) is 0 Å². The van der Waals surface area contributed by atoms with Crippen LogP contribution in [-0.4, -0.2) is 33.9 Å². The van der Waals surface area contributed by atoms with E-state index in [2.05, 4.69) is 27.3 Å². The van der Waals surface area contributed by atoms with Crippen molar-refractivity contribution in [2.45, 2.75) is 26.7 Å². The Morgan fingerprint density at radius 2 is 1.70 bits per heavy atom. The quantitative estimate of drug-likeness (QED) is 0.803. The van der Waals surface area contributed by atoms with Crippen LogP contribution in [0, 0.1) is 6.92 Å². The van der Waals surface area contributed by atoms with Crippen molar-refractivity contribution in [2.75, 3.05) is 18.0 Å². The molecule has 0 bridgehead atoms. The number of anilines is 1. The highest BCUT2D eigenvalue weighted by Gasteiger charge is 2.15. The molecule has 1 aliphatic heterocycles. The average Bonchev–Trinajstić information content (AvgIpc) is 3.08. The predicted octanol–water partition coefficient (Wildman–Crippen LogP) is 2.38. The van der Waals surface area contributed by atoms with Crippen LogP contribution in [0.4, 0.5) is 5.69 Å². The van der Waals surface area contributed by atoms with Crippen LogP contribution in [0.25, 0.3) is 5.69 Å². The van der Waals surface area contributed by atoms with E-state index >= 15 is 0 Å². The minimum Gasteiger partial charge on any atom is -0.372 e. The molecule has 3 rings (SSSR count). The Balaban J connectivity index is 1.89. The minimum atomic E-state index is -0.0533. The summed E-state index contributed by atoms with van der Waals surface area (Å²) in [5.41, 5.74) is 3.40. The molecule has 5 nitrogen and oxygen atoms in total. The van der Waals surface area contributed by atoms with E-state index < -0.39 is 0 Å². The molecule has 0 saturated carbocycles. The van der Waals surface area contributed by atoms with Gasteiger partial charge in [-0.15, -0.1) is 5.10 Å². The van der Waals surface area contributed by atoms with Gasteiger partial charge < -0.3 is 4.90 Å². The first-order chi connectivity index (χ1) is 9.66. The fourth-order valence-corrected chi connectivity index (χ4v) is 2.68. The van der Waals surface area contributed by atoms with Crippen LogP contribution in [0.5, 0.6) is 0 Å². The second-order valence-electron chi connectivity index (χ2n) is 5.20. The van der Waals surface area contributed by atoms with E-state index in [9.17, 15) is 4.79 Å². The summed E-state index contributed by atoms with van der Waals surface area (Å²) >= 11 is 0. The van der Waals surface area contributed by atoms with Crippen molar-refractivity contribution < 1.29 is 4.79 Å². The van der Waals surface area contributed by atoms with Gasteiger partial charge in [0.15, 0.2) is 11.5 Å². The highest BCUT2D eigenvalue weighted by atomic mass is 16.1. The lowest BCUT2D eigenvalue weighted by atomic mass is 10.2. The largest absolute Gasteiger partial charge is 0.372 e. The fourth-order valence-electron chi connectivity index (χ4n) is 2.68. The molecule has 104 valence electrons. The molecule has 1 fully saturated rings. The van der Waals surface area contributed by atoms with Crippen molar-refractivity contribution >= 4 is 11.5 Å². The maximum Gasteiger partial charge on any atom is 0.181 e. The SMILES string of the molecule is CC(=O)c1nnn(-c2ccc(N3CCCC3)cc2)c1C. The highest BCUT2D eigenvalue weighted by Crippen LogP contribution is 2.22. The lowest BCUT2D eigenvalue weighted by Crippen LogP contribution is -2.17. The lowest BCUT2D eigenvalue weighted by molar-refractivity contribution is 0.101. The van der Waals surface area contributed by atoms with Gasteiger partial charge in [0.25, 0.3) is 0 Å². The zero-order chi connectivity index (χ0) is 14.1. The number of ketones is 1. The van der Waals surface area contributed by atoms with E-state index in [1.165, 1.54) is 25.5 Å². The molecule has 2 heterocycles. The second kappa shape index (κ2) is 5.07. The van der Waals surface area contributed by atoms with Gasteiger partial charge >= 0.3 is 0 Å². The van der Waals surface area contributed by atoms with Gasteiger partial charge in [-0.25, -0.2) is 4.68 Å². The Morgan fingerprint density at radius 3 is 2.25 bits per heavy atom. The number of Topliss-reactive ketones (excluding diaryl/α,β-unsaturated/α-hetero) is 1. The summed E-state index contributed by atoms with van der Waals surface area (Å²) in [4.78, 5) is 13.8. The summed E-state index contributed by atoms with van der Waals surface area (Å²) in [6.07, 6.45) is 2.54. The average molecular weight is 270 g/mol. The minimum absolute atomic E-state index is 0.0533. The molecule has 0 unspecified atom stereocenters. The summed E-state index contributed by atoms with van der Waals surface area (Å²) in [5.74, 6) is -0.0533. The van der Waals surface area contributed by atoms with Gasteiger partial charge in [0, 0.05) is 25.7 Å². The molecule has 0 radical (unpaired) electrons. The molecule has 5 heteroatoms. The Labute approximate surface area is 118 Å². The molecule has 1 aromatic carbocycles. The third-order valence-electron chi connectivity index (χ3n) is 3.79. The molecule has 0 aliphatic carbocycles. The summed E-state index contributed by atoms with van der Waals surface area (Å²) in [6, 6.07) is 8.27. The predicted molar refractivity (Wildman–Crippen MR) is 77.5 cm³/mol. The van der Waals surface area contributed by atoms with Crippen molar-refractivity contribution in [2.24, 2.45) is 0 Å². The van der Waals surface area contributed by atoms with Crippen molar-refractivity contribution in [1.29, 1.82) is 0 Å². The second-order valence-corrected chi connectivity index (χ2v) is 5.20. The van der Waals surface area contributed by atoms with E-state index in [4.69, 9.17) is 0 Å². The summed E-state index contributed by atoms with van der Waals surface area (Å²) in [6.45, 7) is 5.65. The van der Waals surface area contributed by atoms with Crippen LogP contribution < -0.4 is 4.90 Å². The van der Waals surface area contributed by atoms with Gasteiger partial charge in [-0.05, 0) is 44.0 Å². The molecule has 20 heavy (non-hydrogen) atoms. The van der Waals surface area contributed by atoms with E-state index in [-0.39, 0.29) is 5.78 Å². The first-order valence-corrected chi connectivity index (χ1v) is 6.95. The summed E-state index contributed by atoms with van der Waals surface area (Å²) < 4.78 is 1.71. The van der Waals surface area contributed by atoms with Gasteiger partial charge in [0.2, 0.25) is 0 Å². The van der Waals surface area contributed by atoms with E-state index in [1.807, 2.05) is 19.1 Å². The van der Waals surface area contributed by atoms with Gasteiger partial charge in [0.05, 0.1) is 11.4 Å². The Bertz CT molecular complexity index is 624. The third kappa shape index (κ3) is 2.19. The summed E-state index contributed by atoms with van der Waals surface area (Å²) in [7, 11) is 0. The zero-order valence-electron chi connectivity index (χ0n) is 11.8. The van der Waals surface area contributed by atoms with Crippen LogP contribution in [-0.2, 0) is 0 Å². The number of carbonyl (C=O) groups excluding carboxylic acids is 1. The number of carbonyl (C=O) groups is 1. The van der Waals surface area contributed by atoms with Crippen LogP contribution >= 0.6 is 0 Å². The number of hydrogen-bond acceptors (Lipinski definition) is 4. The Hall–Kier alpha value is -2.17.